The van der Waals surface area contributed by atoms with E-state index in [0.29, 0.717) is 0 Å². The molecule has 0 spiro atoms. The number of hydrogen-bond donors (Lipinski definition) is 0. The fraction of sp³-hybridized carbons (Fsp3) is 0. The number of benzene rings is 7. The minimum Gasteiger partial charge on any atom is -0.0990 e. The first-order valence-electron chi connectivity index (χ1n) is 13.7. The molecule has 0 heteroatoms. The van der Waals surface area contributed by atoms with Crippen molar-refractivity contribution in [2.75, 3.05) is 0 Å². The lowest BCUT2D eigenvalue weighted by atomic mass is 9.84. The molecule has 0 saturated carbocycles. The first kappa shape index (κ1) is 23.9. The van der Waals surface area contributed by atoms with Crippen LogP contribution in [0.5, 0.6) is 0 Å². The molecule has 188 valence electrons. The molecule has 0 N–H and O–H groups in total. The summed E-state index contributed by atoms with van der Waals surface area (Å²) in [6.07, 6.45) is 3.84. The van der Waals surface area contributed by atoms with Crippen LogP contribution in [-0.4, -0.2) is 0 Å². The Morgan fingerprint density at radius 3 is 1.70 bits per heavy atom. The maximum absolute atomic E-state index is 4.18. The summed E-state index contributed by atoms with van der Waals surface area (Å²) < 4.78 is 0. The monoisotopic (exact) mass is 508 g/mol. The van der Waals surface area contributed by atoms with Crippen molar-refractivity contribution in [3.8, 4) is 33.4 Å². The first-order chi connectivity index (χ1) is 19.7. The Morgan fingerprint density at radius 1 is 0.450 bits per heavy atom. The molecule has 0 unspecified atom stereocenters. The maximum atomic E-state index is 4.18. The molecule has 0 aliphatic carbocycles. The van der Waals surface area contributed by atoms with E-state index in [0.717, 1.165) is 10.4 Å². The molecular weight excluding hydrogens is 480 g/mol. The van der Waals surface area contributed by atoms with Gasteiger partial charge < -0.3 is 0 Å². The van der Waals surface area contributed by atoms with Crippen molar-refractivity contribution in [1.29, 1.82) is 0 Å². The third-order valence-corrected chi connectivity index (χ3v) is 7.92. The van der Waals surface area contributed by atoms with Crippen LogP contribution in [0.1, 0.15) is 0 Å². The highest BCUT2D eigenvalue weighted by Crippen LogP contribution is 2.45. The van der Waals surface area contributed by atoms with E-state index >= 15 is 0 Å². The van der Waals surface area contributed by atoms with Gasteiger partial charge in [-0.05, 0) is 88.3 Å². The minimum absolute atomic E-state index is 1.00. The molecule has 0 aliphatic rings. The zero-order valence-electron chi connectivity index (χ0n) is 22.3. The maximum Gasteiger partial charge on any atom is -0.00201 e. The van der Waals surface area contributed by atoms with Gasteiger partial charge in [-0.3, -0.25) is 0 Å². The average Bonchev–Trinajstić information content (AvgIpc) is 3.01. The molecule has 0 nitrogen and oxygen atoms in total. The molecule has 7 aromatic rings. The normalized spacial score (nSPS) is 11.8. The molecule has 7 aromatic carbocycles. The Bertz CT molecular complexity index is 2130. The third-order valence-electron chi connectivity index (χ3n) is 7.92. The summed E-state index contributed by atoms with van der Waals surface area (Å²) in [7, 11) is 0. The van der Waals surface area contributed by atoms with E-state index in [9.17, 15) is 0 Å². The predicted octanol–water partition coefficient (Wildman–Crippen LogP) is 9.52. The van der Waals surface area contributed by atoms with Crippen LogP contribution in [0.15, 0.2) is 146 Å². The highest BCUT2D eigenvalue weighted by atomic mass is 14.2. The van der Waals surface area contributed by atoms with Crippen LogP contribution in [0.2, 0.25) is 0 Å². The smallest absolute Gasteiger partial charge is 0.00201 e. The molecule has 0 heterocycles. The van der Waals surface area contributed by atoms with Gasteiger partial charge in [0.25, 0.3) is 0 Å². The fourth-order valence-electron chi connectivity index (χ4n) is 6.08. The summed E-state index contributed by atoms with van der Waals surface area (Å²) >= 11 is 0. The van der Waals surface area contributed by atoms with Gasteiger partial charge in [0.15, 0.2) is 0 Å². The molecule has 0 amide bonds. The quantitative estimate of drug-likeness (QED) is 0.208. The average molecular weight is 509 g/mol. The number of fused-ring (bicyclic) bond motifs is 3. The van der Waals surface area contributed by atoms with Gasteiger partial charge in [0.1, 0.15) is 0 Å². The zero-order chi connectivity index (χ0) is 27.1. The van der Waals surface area contributed by atoms with Crippen LogP contribution in [0.3, 0.4) is 0 Å². The standard InChI is InChI=1S/C40H28/c1-3-12-29-25-31(24-23-27(29)2)30-15-10-16-32(26-30)39-35-18-6-8-20-37(35)40(38-21-9-7-19-36(38)39)34-22-11-14-28-13-4-5-17-33(28)34/h3-26H,1-2H2/b29-12-. The minimum atomic E-state index is 1.00. The van der Waals surface area contributed by atoms with E-state index in [-0.39, 0.29) is 0 Å². The van der Waals surface area contributed by atoms with E-state index in [2.05, 4.69) is 147 Å². The van der Waals surface area contributed by atoms with Crippen molar-refractivity contribution < 1.29 is 0 Å². The summed E-state index contributed by atoms with van der Waals surface area (Å²) in [5, 5.41) is 9.67. The lowest BCUT2D eigenvalue weighted by Crippen LogP contribution is -2.22. The van der Waals surface area contributed by atoms with E-state index in [1.165, 1.54) is 65.7 Å². The summed E-state index contributed by atoms with van der Waals surface area (Å²) in [6.45, 7) is 8.05. The van der Waals surface area contributed by atoms with Crippen molar-refractivity contribution in [1.82, 2.24) is 0 Å². The lowest BCUT2D eigenvalue weighted by molar-refractivity contribution is 1.51. The third kappa shape index (κ3) is 3.94. The highest BCUT2D eigenvalue weighted by Gasteiger charge is 2.18. The van der Waals surface area contributed by atoms with Crippen LogP contribution >= 0.6 is 0 Å². The summed E-state index contributed by atoms with van der Waals surface area (Å²) in [6, 6.07) is 48.4. The molecule has 0 aliphatic heterocycles. The van der Waals surface area contributed by atoms with Gasteiger partial charge in [-0.15, -0.1) is 0 Å². The van der Waals surface area contributed by atoms with Crippen molar-refractivity contribution in [2.24, 2.45) is 0 Å². The molecular formula is C40H28. The second-order valence-corrected chi connectivity index (χ2v) is 10.3. The summed E-state index contributed by atoms with van der Waals surface area (Å²) in [5.41, 5.74) is 7.39. The highest BCUT2D eigenvalue weighted by molar-refractivity contribution is 6.23. The summed E-state index contributed by atoms with van der Waals surface area (Å²) in [4.78, 5) is 0. The Balaban J connectivity index is 1.54. The molecule has 0 aromatic heterocycles. The molecule has 40 heavy (non-hydrogen) atoms. The van der Waals surface area contributed by atoms with E-state index in [1.54, 1.807) is 0 Å². The van der Waals surface area contributed by atoms with Gasteiger partial charge in [0.2, 0.25) is 0 Å². The van der Waals surface area contributed by atoms with Crippen LogP contribution in [0.4, 0.5) is 0 Å². The van der Waals surface area contributed by atoms with E-state index < -0.39 is 0 Å². The van der Waals surface area contributed by atoms with Crippen molar-refractivity contribution in [3.63, 3.8) is 0 Å². The van der Waals surface area contributed by atoms with Crippen LogP contribution in [0, 0.1) is 0 Å². The van der Waals surface area contributed by atoms with Crippen LogP contribution < -0.4 is 10.4 Å². The Hall–Kier alpha value is -5.20. The van der Waals surface area contributed by atoms with Gasteiger partial charge in [-0.1, -0.05) is 147 Å². The number of hydrogen-bond acceptors (Lipinski definition) is 0. The van der Waals surface area contributed by atoms with E-state index in [4.69, 9.17) is 0 Å². The molecule has 0 radical (unpaired) electrons. The number of allylic oxidation sites excluding steroid dienone is 1. The van der Waals surface area contributed by atoms with Crippen LogP contribution in [0.25, 0.3) is 78.4 Å². The second kappa shape index (κ2) is 9.84. The Labute approximate surface area is 234 Å². The van der Waals surface area contributed by atoms with Gasteiger partial charge in [-0.2, -0.15) is 0 Å². The molecule has 0 saturated heterocycles. The molecule has 7 rings (SSSR count). The van der Waals surface area contributed by atoms with Gasteiger partial charge in [-0.25, -0.2) is 0 Å². The van der Waals surface area contributed by atoms with Gasteiger partial charge >= 0.3 is 0 Å². The zero-order valence-corrected chi connectivity index (χ0v) is 22.3. The van der Waals surface area contributed by atoms with E-state index in [1.807, 2.05) is 12.2 Å². The largest absolute Gasteiger partial charge is 0.0990 e. The van der Waals surface area contributed by atoms with Gasteiger partial charge in [0, 0.05) is 0 Å². The second-order valence-electron chi connectivity index (χ2n) is 10.3. The first-order valence-corrected chi connectivity index (χ1v) is 13.7. The molecule has 0 bridgehead atoms. The number of rotatable bonds is 4. The predicted molar refractivity (Wildman–Crippen MR) is 175 cm³/mol. The Morgan fingerprint density at radius 2 is 1.00 bits per heavy atom. The van der Waals surface area contributed by atoms with Crippen molar-refractivity contribution >= 4 is 45.0 Å². The van der Waals surface area contributed by atoms with Crippen molar-refractivity contribution in [3.05, 3.63) is 157 Å². The topological polar surface area (TPSA) is 0 Å². The van der Waals surface area contributed by atoms with Crippen molar-refractivity contribution in [2.45, 2.75) is 0 Å². The molecule has 0 atom stereocenters. The SMILES string of the molecule is C=C/C=c1/cc(-c2cccc(-c3c4ccccc4c(-c4cccc5ccccc45)c4ccccc34)c2)ccc1=C. The summed E-state index contributed by atoms with van der Waals surface area (Å²) in [5.74, 6) is 0. The fourth-order valence-corrected chi connectivity index (χ4v) is 6.08. The van der Waals surface area contributed by atoms with Crippen LogP contribution in [-0.2, 0) is 0 Å². The molecule has 0 fully saturated rings. The Kier molecular flexibility index (Phi) is 5.87. The lowest BCUT2D eigenvalue weighted by Gasteiger charge is -2.19. The van der Waals surface area contributed by atoms with Gasteiger partial charge in [0.05, 0.1) is 0 Å².